The van der Waals surface area contributed by atoms with Crippen LogP contribution < -0.4 is 0 Å². The van der Waals surface area contributed by atoms with Crippen LogP contribution in [0.4, 0.5) is 0 Å². The summed E-state index contributed by atoms with van der Waals surface area (Å²) < 4.78 is 0. The molecule has 0 radical (unpaired) electrons. The van der Waals surface area contributed by atoms with E-state index in [0.717, 1.165) is 22.6 Å². The van der Waals surface area contributed by atoms with Crippen LogP contribution in [0.1, 0.15) is 21.7 Å². The zero-order valence-corrected chi connectivity index (χ0v) is 15.9. The van der Waals surface area contributed by atoms with Gasteiger partial charge in [-0.15, -0.1) is 11.3 Å². The number of carbonyl (C=O) groups is 2. The molecule has 3 heterocycles. The molecule has 1 aromatic carbocycles. The SMILES string of the molecule is O=C(c1cccs1)N1CCN(CC(=O)N2CCC(c3ccccc3)=N2)CC1. The third kappa shape index (κ3) is 4.09. The number of amides is 2. The van der Waals surface area contributed by atoms with Gasteiger partial charge < -0.3 is 4.90 Å². The number of carbonyl (C=O) groups excluding carboxylic acids is 2. The first-order valence-corrected chi connectivity index (χ1v) is 10.1. The van der Waals surface area contributed by atoms with E-state index >= 15 is 0 Å². The van der Waals surface area contributed by atoms with Crippen LogP contribution in [0.2, 0.25) is 0 Å². The van der Waals surface area contributed by atoms with Gasteiger partial charge in [0.1, 0.15) is 0 Å². The van der Waals surface area contributed by atoms with Gasteiger partial charge in [-0.25, -0.2) is 5.01 Å². The van der Waals surface area contributed by atoms with E-state index in [4.69, 9.17) is 0 Å². The molecule has 2 aromatic rings. The first-order chi connectivity index (χ1) is 13.2. The Morgan fingerprint density at radius 2 is 1.74 bits per heavy atom. The van der Waals surface area contributed by atoms with E-state index in [9.17, 15) is 9.59 Å². The number of hydrogen-bond donors (Lipinski definition) is 0. The molecule has 2 aliphatic heterocycles. The molecule has 1 fully saturated rings. The summed E-state index contributed by atoms with van der Waals surface area (Å²) in [6, 6.07) is 13.8. The lowest BCUT2D eigenvalue weighted by molar-refractivity contribution is -0.132. The maximum atomic E-state index is 12.6. The van der Waals surface area contributed by atoms with E-state index in [1.54, 1.807) is 5.01 Å². The molecule has 2 aliphatic rings. The lowest BCUT2D eigenvalue weighted by atomic mass is 10.1. The average molecular weight is 382 g/mol. The summed E-state index contributed by atoms with van der Waals surface area (Å²) >= 11 is 1.47. The minimum Gasteiger partial charge on any atom is -0.335 e. The van der Waals surface area contributed by atoms with Gasteiger partial charge in [-0.1, -0.05) is 36.4 Å². The zero-order valence-electron chi connectivity index (χ0n) is 15.1. The Kier molecular flexibility index (Phi) is 5.31. The molecule has 0 spiro atoms. The first-order valence-electron chi connectivity index (χ1n) is 9.19. The Balaban J connectivity index is 1.29. The Labute approximate surface area is 162 Å². The van der Waals surface area contributed by atoms with Gasteiger partial charge in [0, 0.05) is 32.6 Å². The quantitative estimate of drug-likeness (QED) is 0.814. The minimum absolute atomic E-state index is 0.0268. The lowest BCUT2D eigenvalue weighted by Gasteiger charge is -2.34. The molecule has 7 heteroatoms. The molecule has 0 bridgehead atoms. The third-order valence-corrected chi connectivity index (χ3v) is 5.80. The highest BCUT2D eigenvalue weighted by Gasteiger charge is 2.27. The van der Waals surface area contributed by atoms with Crippen LogP contribution in [0, 0.1) is 0 Å². The van der Waals surface area contributed by atoms with Crippen LogP contribution in [-0.4, -0.2) is 71.6 Å². The highest BCUT2D eigenvalue weighted by atomic mass is 32.1. The van der Waals surface area contributed by atoms with E-state index in [2.05, 4.69) is 10.0 Å². The van der Waals surface area contributed by atoms with E-state index < -0.39 is 0 Å². The normalized spacial score (nSPS) is 17.9. The monoisotopic (exact) mass is 382 g/mol. The zero-order chi connectivity index (χ0) is 18.6. The number of piperazine rings is 1. The summed E-state index contributed by atoms with van der Waals surface area (Å²) in [5.74, 6) is 0.117. The van der Waals surface area contributed by atoms with Crippen molar-refractivity contribution in [1.29, 1.82) is 0 Å². The standard InChI is InChI=1S/C20H22N4O2S/c25-19(24-9-8-17(21-24)16-5-2-1-3-6-16)15-22-10-12-23(13-11-22)20(26)18-7-4-14-27-18/h1-7,14H,8-13,15H2. The van der Waals surface area contributed by atoms with Crippen molar-refractivity contribution in [3.05, 3.63) is 58.3 Å². The molecule has 0 saturated carbocycles. The van der Waals surface area contributed by atoms with Crippen LogP contribution in [0.3, 0.4) is 0 Å². The van der Waals surface area contributed by atoms with Crippen LogP contribution in [0.5, 0.6) is 0 Å². The van der Waals surface area contributed by atoms with Crippen molar-refractivity contribution < 1.29 is 9.59 Å². The van der Waals surface area contributed by atoms with Crippen molar-refractivity contribution in [3.8, 4) is 0 Å². The Morgan fingerprint density at radius 1 is 0.963 bits per heavy atom. The van der Waals surface area contributed by atoms with Gasteiger partial charge in [0.2, 0.25) is 0 Å². The van der Waals surface area contributed by atoms with Crippen molar-refractivity contribution in [2.75, 3.05) is 39.3 Å². The molecule has 0 N–H and O–H groups in total. The summed E-state index contributed by atoms with van der Waals surface area (Å²) in [4.78, 5) is 29.7. The fourth-order valence-corrected chi connectivity index (χ4v) is 4.10. The van der Waals surface area contributed by atoms with E-state index in [-0.39, 0.29) is 11.8 Å². The maximum absolute atomic E-state index is 12.6. The van der Waals surface area contributed by atoms with E-state index in [1.807, 2.05) is 52.7 Å². The number of hydrazone groups is 1. The molecule has 0 aliphatic carbocycles. The second kappa shape index (κ2) is 8.02. The molecule has 1 aromatic heterocycles. The van der Waals surface area contributed by atoms with Gasteiger partial charge in [0.05, 0.1) is 23.7 Å². The van der Waals surface area contributed by atoms with E-state index in [0.29, 0.717) is 39.3 Å². The molecule has 140 valence electrons. The predicted octanol–water partition coefficient (Wildman–Crippen LogP) is 2.14. The first kappa shape index (κ1) is 17.9. The van der Waals surface area contributed by atoms with Crippen molar-refractivity contribution in [3.63, 3.8) is 0 Å². The summed E-state index contributed by atoms with van der Waals surface area (Å²) in [7, 11) is 0. The topological polar surface area (TPSA) is 56.2 Å². The lowest BCUT2D eigenvalue weighted by Crippen LogP contribution is -2.50. The molecule has 4 rings (SSSR count). The van der Waals surface area contributed by atoms with Crippen LogP contribution in [0.25, 0.3) is 0 Å². The average Bonchev–Trinajstić information content (AvgIpc) is 3.41. The number of benzene rings is 1. The highest BCUT2D eigenvalue weighted by Crippen LogP contribution is 2.16. The Bertz CT molecular complexity index is 827. The number of rotatable bonds is 4. The van der Waals surface area contributed by atoms with Crippen LogP contribution in [-0.2, 0) is 4.79 Å². The Hall–Kier alpha value is -2.51. The van der Waals surface area contributed by atoms with Crippen molar-refractivity contribution in [2.45, 2.75) is 6.42 Å². The highest BCUT2D eigenvalue weighted by molar-refractivity contribution is 7.12. The fourth-order valence-electron chi connectivity index (χ4n) is 3.41. The number of nitrogens with zero attached hydrogens (tertiary/aromatic N) is 4. The van der Waals surface area contributed by atoms with Gasteiger partial charge in [-0.05, 0) is 17.0 Å². The summed E-state index contributed by atoms with van der Waals surface area (Å²) in [5.41, 5.74) is 2.05. The molecule has 2 amide bonds. The number of hydrogen-bond acceptors (Lipinski definition) is 5. The minimum atomic E-state index is 0.0268. The van der Waals surface area contributed by atoms with Gasteiger partial charge in [0.25, 0.3) is 11.8 Å². The molecular formula is C20H22N4O2S. The van der Waals surface area contributed by atoms with Crippen molar-refractivity contribution in [1.82, 2.24) is 14.8 Å². The van der Waals surface area contributed by atoms with Gasteiger partial charge in [0.15, 0.2) is 0 Å². The van der Waals surface area contributed by atoms with Crippen LogP contribution in [0.15, 0.2) is 52.9 Å². The van der Waals surface area contributed by atoms with Crippen LogP contribution >= 0.6 is 11.3 Å². The molecule has 0 unspecified atom stereocenters. The summed E-state index contributed by atoms with van der Waals surface area (Å²) in [6.45, 7) is 3.73. The van der Waals surface area contributed by atoms with Gasteiger partial charge in [-0.2, -0.15) is 5.10 Å². The smallest absolute Gasteiger partial charge is 0.264 e. The second-order valence-electron chi connectivity index (χ2n) is 6.73. The van der Waals surface area contributed by atoms with Gasteiger partial charge >= 0.3 is 0 Å². The van der Waals surface area contributed by atoms with Crippen molar-refractivity contribution >= 4 is 28.9 Å². The molecular weight excluding hydrogens is 360 g/mol. The molecule has 1 saturated heterocycles. The van der Waals surface area contributed by atoms with Crippen molar-refractivity contribution in [2.24, 2.45) is 5.10 Å². The molecule has 0 atom stereocenters. The number of thiophene rings is 1. The second-order valence-corrected chi connectivity index (χ2v) is 7.67. The van der Waals surface area contributed by atoms with Gasteiger partial charge in [-0.3, -0.25) is 14.5 Å². The molecule has 6 nitrogen and oxygen atoms in total. The molecule has 27 heavy (non-hydrogen) atoms. The Morgan fingerprint density at radius 3 is 2.44 bits per heavy atom. The fraction of sp³-hybridized carbons (Fsp3) is 0.350. The predicted molar refractivity (Wildman–Crippen MR) is 106 cm³/mol. The summed E-state index contributed by atoms with van der Waals surface area (Å²) in [5, 5.41) is 8.02. The van der Waals surface area contributed by atoms with E-state index in [1.165, 1.54) is 11.3 Å². The third-order valence-electron chi connectivity index (χ3n) is 4.95. The maximum Gasteiger partial charge on any atom is 0.264 e. The largest absolute Gasteiger partial charge is 0.335 e. The summed E-state index contributed by atoms with van der Waals surface area (Å²) in [6.07, 6.45) is 0.791.